The van der Waals surface area contributed by atoms with Gasteiger partial charge in [0.1, 0.15) is 0 Å². The molecule has 1 N–H and O–H groups in total. The molecule has 0 unspecified atom stereocenters. The van der Waals surface area contributed by atoms with Crippen LogP contribution in [0.3, 0.4) is 0 Å². The van der Waals surface area contributed by atoms with Crippen molar-refractivity contribution in [2.24, 2.45) is 0 Å². The van der Waals surface area contributed by atoms with Crippen molar-refractivity contribution in [1.82, 2.24) is 19.2 Å². The Morgan fingerprint density at radius 1 is 1.00 bits per heavy atom. The van der Waals surface area contributed by atoms with Crippen molar-refractivity contribution < 1.29 is 0 Å². The second kappa shape index (κ2) is 6.78. The van der Waals surface area contributed by atoms with E-state index < -0.39 is 0 Å². The number of anilines is 1. The van der Waals surface area contributed by atoms with Gasteiger partial charge in [0.05, 0.1) is 17.4 Å². The standard InChI is InChI=1S/C22H25N5O/c1-5-26-20(28)15-10-6-9-13-18(15)27-19(24-25-21(26)27)14-23-17-12-8-7-11-16(17)22(2,3)4/h6-13,23H,5,14H2,1-4H3. The molecule has 0 bridgehead atoms. The van der Waals surface area contributed by atoms with Gasteiger partial charge in [-0.05, 0) is 36.1 Å². The molecule has 0 amide bonds. The summed E-state index contributed by atoms with van der Waals surface area (Å²) < 4.78 is 3.65. The van der Waals surface area contributed by atoms with Crippen molar-refractivity contribution in [3.8, 4) is 0 Å². The third kappa shape index (κ3) is 2.95. The van der Waals surface area contributed by atoms with E-state index in [1.807, 2.05) is 41.7 Å². The van der Waals surface area contributed by atoms with Crippen molar-refractivity contribution in [2.75, 3.05) is 5.32 Å². The summed E-state index contributed by atoms with van der Waals surface area (Å²) in [5, 5.41) is 12.9. The molecule has 28 heavy (non-hydrogen) atoms. The summed E-state index contributed by atoms with van der Waals surface area (Å²) in [4.78, 5) is 12.8. The van der Waals surface area contributed by atoms with Gasteiger partial charge < -0.3 is 5.32 Å². The van der Waals surface area contributed by atoms with Crippen molar-refractivity contribution >= 4 is 22.4 Å². The lowest BCUT2D eigenvalue weighted by Crippen LogP contribution is -2.23. The number of fused-ring (bicyclic) bond motifs is 3. The lowest BCUT2D eigenvalue weighted by atomic mass is 9.86. The van der Waals surface area contributed by atoms with Crippen molar-refractivity contribution in [3.63, 3.8) is 0 Å². The molecule has 2 aromatic carbocycles. The zero-order valence-corrected chi connectivity index (χ0v) is 16.7. The highest BCUT2D eigenvalue weighted by molar-refractivity contribution is 5.80. The van der Waals surface area contributed by atoms with Crippen LogP contribution in [0.25, 0.3) is 16.7 Å². The largest absolute Gasteiger partial charge is 0.377 e. The fraction of sp³-hybridized carbons (Fsp3) is 0.318. The zero-order valence-electron chi connectivity index (χ0n) is 16.7. The molecule has 4 rings (SSSR count). The molecule has 0 aliphatic rings. The van der Waals surface area contributed by atoms with E-state index in [-0.39, 0.29) is 11.0 Å². The SMILES string of the molecule is CCn1c(=O)c2ccccc2n2c(CNc3ccccc3C(C)(C)C)nnc12. The van der Waals surface area contributed by atoms with Gasteiger partial charge in [-0.3, -0.25) is 13.8 Å². The van der Waals surface area contributed by atoms with Crippen LogP contribution in [0.5, 0.6) is 0 Å². The van der Waals surface area contributed by atoms with Gasteiger partial charge in [-0.1, -0.05) is 51.1 Å². The minimum atomic E-state index is -0.0319. The van der Waals surface area contributed by atoms with Crippen LogP contribution < -0.4 is 10.9 Å². The lowest BCUT2D eigenvalue weighted by Gasteiger charge is -2.23. The third-order valence-corrected chi connectivity index (χ3v) is 5.06. The summed E-state index contributed by atoms with van der Waals surface area (Å²) in [5.74, 6) is 1.35. The molecule has 144 valence electrons. The average molecular weight is 375 g/mol. The first-order valence-electron chi connectivity index (χ1n) is 9.60. The Labute approximate surface area is 163 Å². The van der Waals surface area contributed by atoms with Gasteiger partial charge in [0.15, 0.2) is 5.82 Å². The highest BCUT2D eigenvalue weighted by Gasteiger charge is 2.19. The number of aromatic nitrogens is 4. The smallest absolute Gasteiger partial charge is 0.262 e. The number of hydrogen-bond acceptors (Lipinski definition) is 4. The average Bonchev–Trinajstić information content (AvgIpc) is 3.10. The van der Waals surface area contributed by atoms with E-state index in [0.29, 0.717) is 24.3 Å². The molecule has 0 fully saturated rings. The van der Waals surface area contributed by atoms with Crippen LogP contribution in [0, 0.1) is 0 Å². The normalized spacial score (nSPS) is 12.0. The van der Waals surface area contributed by atoms with Crippen molar-refractivity contribution in [1.29, 1.82) is 0 Å². The van der Waals surface area contributed by atoms with E-state index in [4.69, 9.17) is 0 Å². The third-order valence-electron chi connectivity index (χ3n) is 5.06. The maximum Gasteiger partial charge on any atom is 0.262 e. The van der Waals surface area contributed by atoms with E-state index in [1.165, 1.54) is 5.56 Å². The lowest BCUT2D eigenvalue weighted by molar-refractivity contribution is 0.591. The number of hydrogen-bond donors (Lipinski definition) is 1. The number of rotatable bonds is 4. The van der Waals surface area contributed by atoms with Gasteiger partial charge in [0.25, 0.3) is 5.56 Å². The summed E-state index contributed by atoms with van der Waals surface area (Å²) in [6.07, 6.45) is 0. The molecule has 0 atom stereocenters. The monoisotopic (exact) mass is 375 g/mol. The first-order chi connectivity index (χ1) is 13.4. The van der Waals surface area contributed by atoms with Gasteiger partial charge in [-0.15, -0.1) is 10.2 Å². The molecule has 0 spiro atoms. The second-order valence-corrected chi connectivity index (χ2v) is 7.97. The van der Waals surface area contributed by atoms with Crippen LogP contribution in [0.15, 0.2) is 53.3 Å². The van der Waals surface area contributed by atoms with E-state index in [0.717, 1.165) is 17.0 Å². The first-order valence-corrected chi connectivity index (χ1v) is 9.60. The second-order valence-electron chi connectivity index (χ2n) is 7.97. The minimum absolute atomic E-state index is 0.0319. The minimum Gasteiger partial charge on any atom is -0.377 e. The quantitative estimate of drug-likeness (QED) is 0.586. The molecule has 0 saturated carbocycles. The molecule has 0 aliphatic heterocycles. The first kappa shape index (κ1) is 18.2. The van der Waals surface area contributed by atoms with Gasteiger partial charge in [-0.2, -0.15) is 0 Å². The Bertz CT molecular complexity index is 1210. The topological polar surface area (TPSA) is 64.2 Å². The molecule has 0 radical (unpaired) electrons. The summed E-state index contributed by atoms with van der Waals surface area (Å²) in [5.41, 5.74) is 3.17. The molecule has 0 aliphatic carbocycles. The zero-order chi connectivity index (χ0) is 19.9. The van der Waals surface area contributed by atoms with Gasteiger partial charge in [0.2, 0.25) is 5.78 Å². The van der Waals surface area contributed by atoms with E-state index in [1.54, 1.807) is 4.57 Å². The predicted octanol–water partition coefficient (Wildman–Crippen LogP) is 3.97. The molecule has 0 saturated heterocycles. The predicted molar refractivity (Wildman–Crippen MR) is 113 cm³/mol. The van der Waals surface area contributed by atoms with Crippen LogP contribution >= 0.6 is 0 Å². The summed E-state index contributed by atoms with van der Waals surface area (Å²) in [6, 6.07) is 15.9. The number of para-hydroxylation sites is 2. The molecule has 6 heteroatoms. The van der Waals surface area contributed by atoms with Gasteiger partial charge >= 0.3 is 0 Å². The molecule has 4 aromatic rings. The number of benzene rings is 2. The number of nitrogens with one attached hydrogen (secondary N) is 1. The van der Waals surface area contributed by atoms with Crippen LogP contribution in [0.2, 0.25) is 0 Å². The summed E-state index contributed by atoms with van der Waals surface area (Å²) >= 11 is 0. The van der Waals surface area contributed by atoms with Gasteiger partial charge in [0, 0.05) is 12.2 Å². The van der Waals surface area contributed by atoms with Crippen LogP contribution in [-0.4, -0.2) is 19.2 Å². The van der Waals surface area contributed by atoms with Crippen molar-refractivity contribution in [2.45, 2.75) is 46.2 Å². The Morgan fingerprint density at radius 3 is 2.46 bits per heavy atom. The highest BCUT2D eigenvalue weighted by atomic mass is 16.1. The molecule has 2 heterocycles. The maximum atomic E-state index is 12.8. The Balaban J connectivity index is 1.82. The molecular formula is C22H25N5O. The highest BCUT2D eigenvalue weighted by Crippen LogP contribution is 2.29. The number of nitrogens with zero attached hydrogens (tertiary/aromatic N) is 4. The van der Waals surface area contributed by atoms with Gasteiger partial charge in [-0.25, -0.2) is 0 Å². The van der Waals surface area contributed by atoms with Crippen LogP contribution in [0.1, 0.15) is 39.1 Å². The summed E-state index contributed by atoms with van der Waals surface area (Å²) in [7, 11) is 0. The maximum absolute atomic E-state index is 12.8. The van der Waals surface area contributed by atoms with Crippen LogP contribution in [0.4, 0.5) is 5.69 Å². The van der Waals surface area contributed by atoms with Crippen LogP contribution in [-0.2, 0) is 18.5 Å². The fourth-order valence-corrected chi connectivity index (χ4v) is 3.68. The van der Waals surface area contributed by atoms with E-state index >= 15 is 0 Å². The van der Waals surface area contributed by atoms with E-state index in [2.05, 4.69) is 54.5 Å². The Morgan fingerprint density at radius 2 is 1.71 bits per heavy atom. The Hall–Kier alpha value is -3.15. The number of aryl methyl sites for hydroxylation is 1. The molecule has 2 aromatic heterocycles. The molecular weight excluding hydrogens is 350 g/mol. The Kier molecular flexibility index (Phi) is 4.41. The fourth-order valence-electron chi connectivity index (χ4n) is 3.68. The molecule has 6 nitrogen and oxygen atoms in total. The summed E-state index contributed by atoms with van der Waals surface area (Å²) in [6.45, 7) is 9.61. The van der Waals surface area contributed by atoms with E-state index in [9.17, 15) is 4.79 Å². The van der Waals surface area contributed by atoms with Crippen molar-refractivity contribution in [3.05, 3.63) is 70.3 Å².